The Morgan fingerprint density at radius 2 is 1.91 bits per heavy atom. The van der Waals surface area contributed by atoms with Gasteiger partial charge in [0.2, 0.25) is 5.91 Å². The van der Waals surface area contributed by atoms with Gasteiger partial charge in [-0.15, -0.1) is 0 Å². The van der Waals surface area contributed by atoms with Gasteiger partial charge in [-0.2, -0.15) is 0 Å². The summed E-state index contributed by atoms with van der Waals surface area (Å²) in [5, 5.41) is 10.2. The van der Waals surface area contributed by atoms with Gasteiger partial charge in [-0.3, -0.25) is 4.79 Å². The van der Waals surface area contributed by atoms with Gasteiger partial charge in [0.05, 0.1) is 12.6 Å². The van der Waals surface area contributed by atoms with E-state index in [1.165, 1.54) is 0 Å². The second-order valence-corrected chi connectivity index (χ2v) is 5.46. The summed E-state index contributed by atoms with van der Waals surface area (Å²) in [4.78, 5) is 13.7. The number of aliphatic hydroxyl groups excluding tert-OH is 1. The van der Waals surface area contributed by atoms with Gasteiger partial charge in [-0.05, 0) is 30.4 Å². The third-order valence-corrected chi connectivity index (χ3v) is 3.75. The Kier molecular flexibility index (Phi) is 9.00. The molecule has 1 aromatic carbocycles. The van der Waals surface area contributed by atoms with E-state index in [0.717, 1.165) is 30.4 Å². The number of nitrogens with zero attached hydrogens (tertiary/aromatic N) is 1. The number of hydrogen-bond donors (Lipinski definition) is 1. The first kappa shape index (κ1) is 19.2. The van der Waals surface area contributed by atoms with Gasteiger partial charge >= 0.3 is 0 Å². The number of carbonyl (C=O) groups is 1. The van der Waals surface area contributed by atoms with Crippen LogP contribution in [0.1, 0.15) is 38.7 Å². The molecule has 1 aliphatic rings. The number of aryl methyl sites for hydroxylation is 1. The second kappa shape index (κ2) is 10.8. The molecule has 126 valence electrons. The van der Waals surface area contributed by atoms with Gasteiger partial charge in [0.15, 0.2) is 0 Å². The minimum absolute atomic E-state index is 0.0679. The lowest BCUT2D eigenvalue weighted by atomic mass is 10.0. The van der Waals surface area contributed by atoms with Gasteiger partial charge in [0.25, 0.3) is 0 Å². The highest BCUT2D eigenvalue weighted by Gasteiger charge is 2.16. The van der Waals surface area contributed by atoms with Crippen molar-refractivity contribution < 1.29 is 9.90 Å². The first-order valence-electron chi connectivity index (χ1n) is 8.49. The summed E-state index contributed by atoms with van der Waals surface area (Å²) in [5.74, 6) is 0.0679. The molecule has 0 fully saturated rings. The first-order chi connectivity index (χ1) is 11.2. The highest BCUT2D eigenvalue weighted by molar-refractivity contribution is 5.76. The molecule has 2 rings (SSSR count). The van der Waals surface area contributed by atoms with Crippen molar-refractivity contribution in [3.05, 3.63) is 59.7 Å². The van der Waals surface area contributed by atoms with E-state index in [1.807, 2.05) is 56.3 Å². The van der Waals surface area contributed by atoms with Crippen LogP contribution in [0.4, 0.5) is 0 Å². The van der Waals surface area contributed by atoms with Crippen LogP contribution in [0.25, 0.3) is 0 Å². The molecule has 1 N–H and O–H groups in total. The molecule has 1 amide bonds. The number of aliphatic hydroxyl groups is 1. The predicted octanol–water partition coefficient (Wildman–Crippen LogP) is 3.74. The Labute approximate surface area is 140 Å². The molecule has 1 aromatic rings. The smallest absolute Gasteiger partial charge is 0.222 e. The monoisotopic (exact) mass is 315 g/mol. The Balaban J connectivity index is 0.00000127. The Bertz CT molecular complexity index is 520. The quantitative estimate of drug-likeness (QED) is 0.868. The van der Waals surface area contributed by atoms with Crippen LogP contribution in [0.3, 0.4) is 0 Å². The van der Waals surface area contributed by atoms with E-state index >= 15 is 0 Å². The van der Waals surface area contributed by atoms with E-state index in [0.29, 0.717) is 13.0 Å². The van der Waals surface area contributed by atoms with E-state index in [1.54, 1.807) is 11.9 Å². The molecule has 0 bridgehead atoms. The van der Waals surface area contributed by atoms with Crippen molar-refractivity contribution in [3.8, 4) is 0 Å². The van der Waals surface area contributed by atoms with Crippen LogP contribution in [0.2, 0.25) is 0 Å². The van der Waals surface area contributed by atoms with E-state index < -0.39 is 6.10 Å². The van der Waals surface area contributed by atoms with Crippen molar-refractivity contribution in [2.45, 2.75) is 45.6 Å². The van der Waals surface area contributed by atoms with E-state index in [-0.39, 0.29) is 5.91 Å². The van der Waals surface area contributed by atoms with Crippen molar-refractivity contribution in [1.29, 1.82) is 0 Å². The molecule has 23 heavy (non-hydrogen) atoms. The van der Waals surface area contributed by atoms with Gasteiger partial charge in [0.1, 0.15) is 0 Å². The van der Waals surface area contributed by atoms with Crippen LogP contribution in [0.5, 0.6) is 0 Å². The fraction of sp³-hybridized carbons (Fsp3) is 0.450. The molecule has 0 aromatic heterocycles. The van der Waals surface area contributed by atoms with Crippen molar-refractivity contribution in [3.63, 3.8) is 0 Å². The SMILES string of the molecule is CC.CN(CC(O)C1=CCCC=C1)C(=O)CCc1ccccc1. The first-order valence-corrected chi connectivity index (χ1v) is 8.49. The Morgan fingerprint density at radius 3 is 2.52 bits per heavy atom. The number of hydrogen-bond acceptors (Lipinski definition) is 2. The lowest BCUT2D eigenvalue weighted by molar-refractivity contribution is -0.130. The molecule has 1 unspecified atom stereocenters. The highest BCUT2D eigenvalue weighted by Crippen LogP contribution is 2.14. The van der Waals surface area contributed by atoms with Gasteiger partial charge in [-0.25, -0.2) is 0 Å². The Hall–Kier alpha value is -1.87. The summed E-state index contributed by atoms with van der Waals surface area (Å²) in [5.41, 5.74) is 2.08. The largest absolute Gasteiger partial charge is 0.387 e. The molecule has 0 saturated heterocycles. The molecule has 0 heterocycles. The fourth-order valence-corrected chi connectivity index (χ4v) is 2.43. The van der Waals surface area contributed by atoms with Gasteiger partial charge < -0.3 is 10.0 Å². The summed E-state index contributed by atoms with van der Waals surface area (Å²) >= 11 is 0. The zero-order valence-electron chi connectivity index (χ0n) is 14.5. The molecule has 0 aliphatic heterocycles. The van der Waals surface area contributed by atoms with Crippen molar-refractivity contribution >= 4 is 5.91 Å². The minimum Gasteiger partial charge on any atom is -0.387 e. The maximum atomic E-state index is 12.1. The second-order valence-electron chi connectivity index (χ2n) is 5.46. The number of carbonyl (C=O) groups excluding carboxylic acids is 1. The third-order valence-electron chi connectivity index (χ3n) is 3.75. The molecule has 0 spiro atoms. The number of likely N-dealkylation sites (N-methyl/N-ethyl adjacent to an activating group) is 1. The molecule has 0 saturated carbocycles. The third kappa shape index (κ3) is 6.83. The van der Waals surface area contributed by atoms with Gasteiger partial charge in [-0.1, -0.05) is 62.4 Å². The predicted molar refractivity (Wildman–Crippen MR) is 96.2 cm³/mol. The van der Waals surface area contributed by atoms with E-state index in [2.05, 4.69) is 6.08 Å². The van der Waals surface area contributed by atoms with E-state index in [4.69, 9.17) is 0 Å². The maximum Gasteiger partial charge on any atom is 0.222 e. The summed E-state index contributed by atoms with van der Waals surface area (Å²) in [6.07, 6.45) is 8.69. The highest BCUT2D eigenvalue weighted by atomic mass is 16.3. The lowest BCUT2D eigenvalue weighted by Gasteiger charge is -2.22. The summed E-state index contributed by atoms with van der Waals surface area (Å²) in [6, 6.07) is 9.99. The fourth-order valence-electron chi connectivity index (χ4n) is 2.43. The normalized spacial score (nSPS) is 14.3. The van der Waals surface area contributed by atoms with Crippen molar-refractivity contribution in [2.24, 2.45) is 0 Å². The average Bonchev–Trinajstić information content (AvgIpc) is 2.63. The molecular formula is C20H29NO2. The Morgan fingerprint density at radius 1 is 1.22 bits per heavy atom. The molecule has 3 heteroatoms. The van der Waals surface area contributed by atoms with Crippen molar-refractivity contribution in [2.75, 3.05) is 13.6 Å². The number of amides is 1. The van der Waals surface area contributed by atoms with Crippen molar-refractivity contribution in [1.82, 2.24) is 4.90 Å². The minimum atomic E-state index is -0.591. The average molecular weight is 315 g/mol. The van der Waals surface area contributed by atoms with Crippen LogP contribution in [-0.4, -0.2) is 35.6 Å². The standard InChI is InChI=1S/C18H23NO2.C2H6/c1-19(14-17(20)16-10-6-3-7-11-16)18(21)13-12-15-8-4-2-5-9-15;1-2/h2,4-6,8-11,17,20H,3,7,12-14H2,1H3;1-2H3. The maximum absolute atomic E-state index is 12.1. The number of rotatable bonds is 6. The molecule has 0 radical (unpaired) electrons. The number of benzene rings is 1. The van der Waals surface area contributed by atoms with Crippen LogP contribution in [-0.2, 0) is 11.2 Å². The summed E-state index contributed by atoms with van der Waals surface area (Å²) < 4.78 is 0. The number of allylic oxidation sites excluding steroid dienone is 2. The zero-order chi connectivity index (χ0) is 17.1. The molecular weight excluding hydrogens is 286 g/mol. The topological polar surface area (TPSA) is 40.5 Å². The van der Waals surface area contributed by atoms with Crippen LogP contribution >= 0.6 is 0 Å². The summed E-state index contributed by atoms with van der Waals surface area (Å²) in [7, 11) is 1.75. The van der Waals surface area contributed by atoms with Crippen LogP contribution < -0.4 is 0 Å². The van der Waals surface area contributed by atoms with Crippen LogP contribution in [0, 0.1) is 0 Å². The van der Waals surface area contributed by atoms with Crippen LogP contribution in [0.15, 0.2) is 54.1 Å². The lowest BCUT2D eigenvalue weighted by Crippen LogP contribution is -2.35. The zero-order valence-corrected chi connectivity index (χ0v) is 14.5. The molecule has 1 aliphatic carbocycles. The van der Waals surface area contributed by atoms with Gasteiger partial charge in [0, 0.05) is 13.5 Å². The molecule has 1 atom stereocenters. The summed E-state index contributed by atoms with van der Waals surface area (Å²) in [6.45, 7) is 4.35. The molecule has 3 nitrogen and oxygen atoms in total. The van der Waals surface area contributed by atoms with E-state index in [9.17, 15) is 9.90 Å².